The Kier molecular flexibility index (Phi) is 5.21. The molecule has 138 valence electrons. The lowest BCUT2D eigenvalue weighted by Crippen LogP contribution is -2.30. The SMILES string of the molecule is CC(C)OP(=O)(OC(C)C)N1CCc2cc3c(cc2C(=O)C1)OCO3. The molecule has 0 saturated carbocycles. The van der Waals surface area contributed by atoms with Crippen molar-refractivity contribution in [2.45, 2.75) is 46.3 Å². The summed E-state index contributed by atoms with van der Waals surface area (Å²) in [4.78, 5) is 12.8. The summed E-state index contributed by atoms with van der Waals surface area (Å²) in [5, 5.41) is 0. The normalized spacial score (nSPS) is 17.9. The molecule has 1 aromatic rings. The van der Waals surface area contributed by atoms with E-state index in [4.69, 9.17) is 18.5 Å². The zero-order chi connectivity index (χ0) is 18.2. The summed E-state index contributed by atoms with van der Waals surface area (Å²) in [6.07, 6.45) is -0.0169. The molecule has 0 saturated heterocycles. The maximum atomic E-state index is 13.3. The van der Waals surface area contributed by atoms with Crippen LogP contribution in [0.5, 0.6) is 11.5 Å². The lowest BCUT2D eigenvalue weighted by atomic mass is 10.0. The highest BCUT2D eigenvalue weighted by Gasteiger charge is 2.39. The number of ketones is 1. The standard InChI is InChI=1S/C17H24NO6P/c1-11(2)23-25(20,24-12(3)4)18-6-5-13-7-16-17(22-10-21-16)8-14(13)15(19)9-18/h7-8,11-12H,5-6,9-10H2,1-4H3. The molecule has 0 unspecified atom stereocenters. The fraction of sp³-hybridized carbons (Fsp3) is 0.588. The summed E-state index contributed by atoms with van der Waals surface area (Å²) in [6, 6.07) is 3.54. The number of hydrogen-bond acceptors (Lipinski definition) is 6. The van der Waals surface area contributed by atoms with Gasteiger partial charge in [0.2, 0.25) is 6.79 Å². The molecule has 0 aromatic heterocycles. The molecule has 0 N–H and O–H groups in total. The second kappa shape index (κ2) is 7.08. The Bertz CT molecular complexity index is 703. The molecule has 3 rings (SSSR count). The van der Waals surface area contributed by atoms with E-state index in [1.165, 1.54) is 4.67 Å². The van der Waals surface area contributed by atoms with Gasteiger partial charge in [-0.05, 0) is 51.8 Å². The molecule has 0 radical (unpaired) electrons. The summed E-state index contributed by atoms with van der Waals surface area (Å²) in [5.41, 5.74) is 1.43. The maximum Gasteiger partial charge on any atom is 0.409 e. The Labute approximate surface area is 147 Å². The molecular formula is C17H24NO6P. The average Bonchev–Trinajstić information content (AvgIpc) is 2.88. The van der Waals surface area contributed by atoms with E-state index >= 15 is 0 Å². The molecule has 0 spiro atoms. The summed E-state index contributed by atoms with van der Waals surface area (Å²) >= 11 is 0. The van der Waals surface area contributed by atoms with Gasteiger partial charge in [-0.25, -0.2) is 9.24 Å². The molecule has 1 aromatic carbocycles. The van der Waals surface area contributed by atoms with Crippen molar-refractivity contribution in [1.82, 2.24) is 4.67 Å². The minimum Gasteiger partial charge on any atom is -0.454 e. The summed E-state index contributed by atoms with van der Waals surface area (Å²) in [5.74, 6) is 1.08. The van der Waals surface area contributed by atoms with Gasteiger partial charge in [-0.2, -0.15) is 0 Å². The fourth-order valence-corrected chi connectivity index (χ4v) is 4.96. The number of carbonyl (C=O) groups excluding carboxylic acids is 1. The summed E-state index contributed by atoms with van der Waals surface area (Å²) in [7, 11) is -3.57. The van der Waals surface area contributed by atoms with Crippen molar-refractivity contribution in [3.8, 4) is 11.5 Å². The van der Waals surface area contributed by atoms with Gasteiger partial charge < -0.3 is 9.47 Å². The molecule has 0 fully saturated rings. The first-order valence-electron chi connectivity index (χ1n) is 8.46. The van der Waals surface area contributed by atoms with E-state index in [9.17, 15) is 9.36 Å². The monoisotopic (exact) mass is 369 g/mol. The van der Waals surface area contributed by atoms with E-state index in [0.717, 1.165) is 5.56 Å². The smallest absolute Gasteiger partial charge is 0.409 e. The summed E-state index contributed by atoms with van der Waals surface area (Å²) < 4.78 is 36.9. The van der Waals surface area contributed by atoms with Crippen LogP contribution in [-0.4, -0.2) is 42.5 Å². The van der Waals surface area contributed by atoms with Crippen molar-refractivity contribution in [2.75, 3.05) is 19.9 Å². The van der Waals surface area contributed by atoms with Crippen molar-refractivity contribution in [3.63, 3.8) is 0 Å². The minimum absolute atomic E-state index is 0.0244. The molecule has 0 atom stereocenters. The first-order chi connectivity index (χ1) is 11.8. The van der Waals surface area contributed by atoms with Crippen molar-refractivity contribution in [1.29, 1.82) is 0 Å². The third-order valence-electron chi connectivity index (χ3n) is 3.90. The predicted octanol–water partition coefficient (Wildman–Crippen LogP) is 3.41. The van der Waals surface area contributed by atoms with E-state index in [2.05, 4.69) is 0 Å². The van der Waals surface area contributed by atoms with Gasteiger partial charge in [0.05, 0.1) is 18.8 Å². The highest BCUT2D eigenvalue weighted by atomic mass is 31.2. The molecule has 7 nitrogen and oxygen atoms in total. The van der Waals surface area contributed by atoms with Gasteiger partial charge in [0, 0.05) is 12.1 Å². The topological polar surface area (TPSA) is 74.3 Å². The van der Waals surface area contributed by atoms with Crippen LogP contribution in [0.15, 0.2) is 12.1 Å². The lowest BCUT2D eigenvalue weighted by molar-refractivity contribution is 0.0871. The van der Waals surface area contributed by atoms with Crippen LogP contribution in [0.25, 0.3) is 0 Å². The third-order valence-corrected chi connectivity index (χ3v) is 6.31. The van der Waals surface area contributed by atoms with Gasteiger partial charge in [-0.1, -0.05) is 0 Å². The van der Waals surface area contributed by atoms with E-state index in [1.807, 2.05) is 6.07 Å². The van der Waals surface area contributed by atoms with Crippen LogP contribution < -0.4 is 9.47 Å². The molecule has 2 aliphatic rings. The quantitative estimate of drug-likeness (QED) is 0.736. The van der Waals surface area contributed by atoms with E-state index < -0.39 is 7.75 Å². The number of ether oxygens (including phenoxy) is 2. The number of rotatable bonds is 5. The fourth-order valence-electron chi connectivity index (χ4n) is 2.93. The molecule has 0 amide bonds. The second-order valence-corrected chi connectivity index (χ2v) is 8.63. The van der Waals surface area contributed by atoms with Crippen LogP contribution >= 0.6 is 7.75 Å². The van der Waals surface area contributed by atoms with Crippen molar-refractivity contribution in [3.05, 3.63) is 23.3 Å². The van der Waals surface area contributed by atoms with E-state index in [0.29, 0.717) is 30.0 Å². The van der Waals surface area contributed by atoms with Crippen LogP contribution in [0.2, 0.25) is 0 Å². The van der Waals surface area contributed by atoms with Gasteiger partial charge in [0.1, 0.15) is 0 Å². The maximum absolute atomic E-state index is 13.3. The number of Topliss-reactive ketones (excluding diaryl/α,β-unsaturated/α-hetero) is 1. The van der Waals surface area contributed by atoms with Crippen LogP contribution in [0.3, 0.4) is 0 Å². The highest BCUT2D eigenvalue weighted by molar-refractivity contribution is 7.51. The molecule has 2 aliphatic heterocycles. The Morgan fingerprint density at radius 3 is 2.28 bits per heavy atom. The third kappa shape index (κ3) is 3.90. The zero-order valence-electron chi connectivity index (χ0n) is 15.0. The minimum atomic E-state index is -3.57. The van der Waals surface area contributed by atoms with Crippen LogP contribution in [-0.2, 0) is 20.0 Å². The number of hydrogen-bond donors (Lipinski definition) is 0. The van der Waals surface area contributed by atoms with Crippen LogP contribution in [0.1, 0.15) is 43.6 Å². The Balaban J connectivity index is 1.88. The Hall–Kier alpha value is -1.40. The van der Waals surface area contributed by atoms with Crippen LogP contribution in [0, 0.1) is 0 Å². The number of benzene rings is 1. The number of carbonyl (C=O) groups is 1. The van der Waals surface area contributed by atoms with Crippen molar-refractivity contribution < 1.29 is 27.9 Å². The number of nitrogens with zero attached hydrogens (tertiary/aromatic N) is 1. The highest BCUT2D eigenvalue weighted by Crippen LogP contribution is 2.54. The first-order valence-corrected chi connectivity index (χ1v) is 9.96. The molecule has 0 aliphatic carbocycles. The zero-order valence-corrected chi connectivity index (χ0v) is 15.9. The van der Waals surface area contributed by atoms with Gasteiger partial charge in [-0.15, -0.1) is 0 Å². The molecule has 2 heterocycles. The predicted molar refractivity (Wildman–Crippen MR) is 92.2 cm³/mol. The number of fused-ring (bicyclic) bond motifs is 2. The van der Waals surface area contributed by atoms with Gasteiger partial charge in [-0.3, -0.25) is 13.8 Å². The summed E-state index contributed by atoms with van der Waals surface area (Å²) in [6.45, 7) is 7.72. The largest absolute Gasteiger partial charge is 0.454 e. The Morgan fingerprint density at radius 2 is 1.68 bits per heavy atom. The first kappa shape index (κ1) is 18.4. The Morgan fingerprint density at radius 1 is 1.08 bits per heavy atom. The lowest BCUT2D eigenvalue weighted by Gasteiger charge is -2.31. The molecule has 0 bridgehead atoms. The van der Waals surface area contributed by atoms with E-state index in [-0.39, 0.29) is 31.3 Å². The molecule has 25 heavy (non-hydrogen) atoms. The van der Waals surface area contributed by atoms with E-state index in [1.54, 1.807) is 33.8 Å². The van der Waals surface area contributed by atoms with Crippen LogP contribution in [0.4, 0.5) is 0 Å². The molecule has 8 heteroatoms. The molecular weight excluding hydrogens is 345 g/mol. The van der Waals surface area contributed by atoms with Crippen molar-refractivity contribution >= 4 is 13.5 Å². The van der Waals surface area contributed by atoms with Gasteiger partial charge in [0.15, 0.2) is 17.3 Å². The second-order valence-electron chi connectivity index (χ2n) is 6.70. The van der Waals surface area contributed by atoms with Gasteiger partial charge in [0.25, 0.3) is 0 Å². The average molecular weight is 369 g/mol. The van der Waals surface area contributed by atoms with Crippen molar-refractivity contribution in [2.24, 2.45) is 0 Å². The van der Waals surface area contributed by atoms with Gasteiger partial charge >= 0.3 is 7.75 Å².